The van der Waals surface area contributed by atoms with Crippen LogP contribution in [0, 0.1) is 0 Å². The number of carbonyl (C=O) groups is 1. The van der Waals surface area contributed by atoms with Crippen LogP contribution in [0.3, 0.4) is 0 Å². The van der Waals surface area contributed by atoms with Gasteiger partial charge in [0, 0.05) is 5.57 Å². The Bertz CT molecular complexity index is 196. The molecule has 1 saturated heterocycles. The molecule has 0 saturated carbocycles. The van der Waals surface area contributed by atoms with Crippen LogP contribution in [0.15, 0.2) is 11.8 Å². The number of ether oxygens (including phenoxy) is 1. The van der Waals surface area contributed by atoms with Gasteiger partial charge in [-0.15, -0.1) is 6.26 Å². The Hall–Kier alpha value is 0.170. The van der Waals surface area contributed by atoms with Crippen LogP contribution in [-0.4, -0.2) is 18.0 Å². The first-order chi connectivity index (χ1) is 4.58. The summed E-state index contributed by atoms with van der Waals surface area (Å²) in [6.45, 7) is 3.48. The average molecular weight is 164 g/mol. The van der Waals surface area contributed by atoms with E-state index in [2.05, 4.69) is 0 Å². The molecule has 0 N–H and O–H groups in total. The van der Waals surface area contributed by atoms with Crippen molar-refractivity contribution in [2.75, 3.05) is 6.61 Å². The summed E-state index contributed by atoms with van der Waals surface area (Å²) in [6, 6.07) is 0. The number of hydrogen-bond donors (Lipinski definition) is 0. The van der Waals surface area contributed by atoms with Gasteiger partial charge in [-0.3, -0.25) is 4.79 Å². The summed E-state index contributed by atoms with van der Waals surface area (Å²) in [4.78, 5) is 11.1. The van der Waals surface area contributed by atoms with E-state index in [1.54, 1.807) is 13.8 Å². The van der Waals surface area contributed by atoms with Gasteiger partial charge in [-0.05, 0) is 13.8 Å². The van der Waals surface area contributed by atoms with Crippen LogP contribution < -0.4 is 34.7 Å². The Morgan fingerprint density at radius 1 is 1.64 bits per heavy atom. The summed E-state index contributed by atoms with van der Waals surface area (Å²) in [7, 11) is 0. The Kier molecular flexibility index (Phi) is 3.77. The van der Waals surface area contributed by atoms with Crippen LogP contribution in [-0.2, 0) is 9.53 Å². The van der Waals surface area contributed by atoms with Gasteiger partial charge in [-0.25, -0.2) is 0 Å². The largest absolute Gasteiger partial charge is 1.00 e. The molecule has 0 aromatic carbocycles. The van der Waals surface area contributed by atoms with Crippen molar-refractivity contribution in [3.63, 3.8) is 0 Å². The molecule has 0 aromatic rings. The molecule has 4 heteroatoms. The Morgan fingerprint density at radius 3 is 2.36 bits per heavy atom. The van der Waals surface area contributed by atoms with Gasteiger partial charge in [0.2, 0.25) is 0 Å². The van der Waals surface area contributed by atoms with Crippen molar-refractivity contribution in [2.45, 2.75) is 19.4 Å². The van der Waals surface area contributed by atoms with E-state index in [1.165, 1.54) is 0 Å². The molecule has 1 fully saturated rings. The minimum absolute atomic E-state index is 0. The van der Waals surface area contributed by atoms with E-state index in [4.69, 9.17) is 4.74 Å². The van der Waals surface area contributed by atoms with E-state index in [0.717, 1.165) is 0 Å². The molecule has 0 bridgehead atoms. The van der Waals surface area contributed by atoms with Crippen LogP contribution in [0.2, 0.25) is 0 Å². The van der Waals surface area contributed by atoms with Gasteiger partial charge >= 0.3 is 29.6 Å². The first-order valence-electron chi connectivity index (χ1n) is 3.07. The molecule has 0 amide bonds. The van der Waals surface area contributed by atoms with Crippen LogP contribution >= 0.6 is 0 Å². The van der Waals surface area contributed by atoms with E-state index in [0.29, 0.717) is 6.26 Å². The molecule has 0 aliphatic carbocycles. The van der Waals surface area contributed by atoms with Crippen molar-refractivity contribution >= 4 is 5.78 Å². The van der Waals surface area contributed by atoms with Crippen LogP contribution in [0.4, 0.5) is 0 Å². The Balaban J connectivity index is 0.000001000. The molecule has 0 spiro atoms. The smallest absolute Gasteiger partial charge is 0.878 e. The molecule has 0 aromatic heterocycles. The van der Waals surface area contributed by atoms with Crippen LogP contribution in [0.1, 0.15) is 13.8 Å². The molecular formula is C7H9NaO3. The topological polar surface area (TPSA) is 49.4 Å². The number of hydrogen-bond acceptors (Lipinski definition) is 3. The summed E-state index contributed by atoms with van der Waals surface area (Å²) in [5, 5.41) is 10.2. The molecule has 11 heavy (non-hydrogen) atoms. The van der Waals surface area contributed by atoms with Crippen LogP contribution in [0.25, 0.3) is 0 Å². The maximum atomic E-state index is 11.1. The summed E-state index contributed by atoms with van der Waals surface area (Å²) < 4.78 is 5.04. The Labute approximate surface area is 87.7 Å². The first kappa shape index (κ1) is 11.2. The number of Topliss-reactive ketones (excluding diaryl/α,β-unsaturated/α-hetero) is 1. The zero-order chi connectivity index (χ0) is 7.78. The van der Waals surface area contributed by atoms with Gasteiger partial charge in [0.15, 0.2) is 5.78 Å². The maximum absolute atomic E-state index is 11.1. The SMILES string of the molecule is CC1(C)OC/C(=C\[O-])C1=O.[Na+]. The van der Waals surface area contributed by atoms with Crippen LogP contribution in [0.5, 0.6) is 0 Å². The summed E-state index contributed by atoms with van der Waals surface area (Å²) in [6.07, 6.45) is 0.567. The Morgan fingerprint density at radius 2 is 2.18 bits per heavy atom. The molecule has 56 valence electrons. The molecule has 1 aliphatic heterocycles. The predicted octanol–water partition coefficient (Wildman–Crippen LogP) is -3.39. The zero-order valence-corrected chi connectivity index (χ0v) is 9.01. The maximum Gasteiger partial charge on any atom is 1.00 e. The first-order valence-corrected chi connectivity index (χ1v) is 3.07. The van der Waals surface area contributed by atoms with Gasteiger partial charge in [-0.1, -0.05) is 0 Å². The molecule has 0 atom stereocenters. The predicted molar refractivity (Wildman–Crippen MR) is 33.1 cm³/mol. The normalized spacial score (nSPS) is 25.3. The molecule has 0 radical (unpaired) electrons. The van der Waals surface area contributed by atoms with Crippen molar-refractivity contribution in [3.05, 3.63) is 11.8 Å². The molecule has 0 unspecified atom stereocenters. The molecule has 1 heterocycles. The molecular weight excluding hydrogens is 155 g/mol. The third kappa shape index (κ3) is 2.06. The molecule has 1 rings (SSSR count). The van der Waals surface area contributed by atoms with E-state index in [9.17, 15) is 9.90 Å². The van der Waals surface area contributed by atoms with Gasteiger partial charge in [0.25, 0.3) is 0 Å². The molecule has 3 nitrogen and oxygen atoms in total. The van der Waals surface area contributed by atoms with E-state index < -0.39 is 5.60 Å². The fraction of sp³-hybridized carbons (Fsp3) is 0.571. The summed E-state index contributed by atoms with van der Waals surface area (Å²) in [5.41, 5.74) is -0.541. The monoisotopic (exact) mass is 164 g/mol. The number of rotatable bonds is 0. The van der Waals surface area contributed by atoms with Crippen molar-refractivity contribution in [1.82, 2.24) is 0 Å². The number of ketones is 1. The van der Waals surface area contributed by atoms with E-state index in [-0.39, 0.29) is 47.5 Å². The summed E-state index contributed by atoms with van der Waals surface area (Å²) >= 11 is 0. The van der Waals surface area contributed by atoms with Crippen molar-refractivity contribution in [3.8, 4) is 0 Å². The second-order valence-corrected chi connectivity index (χ2v) is 2.77. The van der Waals surface area contributed by atoms with Gasteiger partial charge in [0.05, 0.1) is 6.61 Å². The van der Waals surface area contributed by atoms with Crippen molar-refractivity contribution in [1.29, 1.82) is 0 Å². The average Bonchev–Trinajstić information content (AvgIpc) is 2.10. The second kappa shape index (κ2) is 3.72. The van der Waals surface area contributed by atoms with Crippen molar-refractivity contribution in [2.24, 2.45) is 0 Å². The third-order valence-corrected chi connectivity index (χ3v) is 1.57. The fourth-order valence-corrected chi connectivity index (χ4v) is 0.863. The van der Waals surface area contributed by atoms with Gasteiger partial charge < -0.3 is 9.84 Å². The minimum atomic E-state index is -0.782. The fourth-order valence-electron chi connectivity index (χ4n) is 0.863. The van der Waals surface area contributed by atoms with Crippen molar-refractivity contribution < 1.29 is 44.2 Å². The number of carbonyl (C=O) groups excluding carboxylic acids is 1. The van der Waals surface area contributed by atoms with E-state index >= 15 is 0 Å². The minimum Gasteiger partial charge on any atom is -0.878 e. The zero-order valence-electron chi connectivity index (χ0n) is 7.01. The van der Waals surface area contributed by atoms with Gasteiger partial charge in [-0.2, -0.15) is 0 Å². The second-order valence-electron chi connectivity index (χ2n) is 2.77. The quantitative estimate of drug-likeness (QED) is 0.213. The van der Waals surface area contributed by atoms with Gasteiger partial charge in [0.1, 0.15) is 5.60 Å². The summed E-state index contributed by atoms with van der Waals surface area (Å²) in [5.74, 6) is -0.192. The molecule has 1 aliphatic rings. The third-order valence-electron chi connectivity index (χ3n) is 1.57. The standard InChI is InChI=1S/C7H10O3.Na/c1-7(2)6(9)5(3-8)4-10-7;/h3,8H,4H2,1-2H3;/q;+1/p-1/b5-3+;. The van der Waals surface area contributed by atoms with E-state index in [1.807, 2.05) is 0 Å².